The quantitative estimate of drug-likeness (QED) is 0.160. The molecule has 2 aromatic rings. The van der Waals surface area contributed by atoms with Crippen molar-refractivity contribution in [3.8, 4) is 5.75 Å². The SMILES string of the molecule is Br.CCC(CC)CCn1ccn(CC(=O)c2cc(C(C)(C)C)c(O)c(C(C)(C)C)c2)/c1=N\C(=O)OCOC(=O)C(C)(C)C. The fourth-order valence-electron chi connectivity index (χ4n) is 4.55. The van der Waals surface area contributed by atoms with Gasteiger partial charge in [-0.15, -0.1) is 22.0 Å². The maximum absolute atomic E-state index is 13.7. The van der Waals surface area contributed by atoms with Crippen LogP contribution in [0.2, 0.25) is 0 Å². The summed E-state index contributed by atoms with van der Waals surface area (Å²) in [6, 6.07) is 3.51. The van der Waals surface area contributed by atoms with Gasteiger partial charge in [0.25, 0.3) is 0 Å². The average Bonchev–Trinajstić information content (AvgIpc) is 3.23. The summed E-state index contributed by atoms with van der Waals surface area (Å²) >= 11 is 0. The van der Waals surface area contributed by atoms with Gasteiger partial charge >= 0.3 is 12.1 Å². The molecule has 43 heavy (non-hydrogen) atoms. The van der Waals surface area contributed by atoms with Crippen LogP contribution >= 0.6 is 17.0 Å². The summed E-state index contributed by atoms with van der Waals surface area (Å²) in [5, 5.41) is 11.1. The molecule has 0 saturated heterocycles. The van der Waals surface area contributed by atoms with Crippen LogP contribution < -0.4 is 5.62 Å². The molecule has 2 rings (SSSR count). The van der Waals surface area contributed by atoms with E-state index in [0.717, 1.165) is 19.3 Å². The number of aryl methyl sites for hydroxylation is 1. The number of aromatic nitrogens is 2. The first-order valence-electron chi connectivity index (χ1n) is 14.8. The van der Waals surface area contributed by atoms with Crippen LogP contribution in [0.3, 0.4) is 0 Å². The van der Waals surface area contributed by atoms with E-state index in [1.165, 1.54) is 0 Å². The van der Waals surface area contributed by atoms with Crippen LogP contribution in [0, 0.1) is 11.3 Å². The zero-order valence-electron chi connectivity index (χ0n) is 27.9. The minimum atomic E-state index is -0.921. The zero-order chi connectivity index (χ0) is 32.0. The highest BCUT2D eigenvalue weighted by molar-refractivity contribution is 8.93. The number of carbonyl (C=O) groups excluding carboxylic acids is 3. The Morgan fingerprint density at radius 1 is 0.860 bits per heavy atom. The van der Waals surface area contributed by atoms with Gasteiger partial charge in [0.2, 0.25) is 12.4 Å². The number of nitrogens with zero attached hydrogens (tertiary/aromatic N) is 3. The molecule has 0 fully saturated rings. The van der Waals surface area contributed by atoms with E-state index in [1.54, 1.807) is 49.9 Å². The highest BCUT2D eigenvalue weighted by Gasteiger charge is 2.28. The van der Waals surface area contributed by atoms with Gasteiger partial charge in [-0.3, -0.25) is 9.59 Å². The zero-order valence-corrected chi connectivity index (χ0v) is 29.6. The lowest BCUT2D eigenvalue weighted by atomic mass is 9.78. The molecule has 1 heterocycles. The number of Topliss-reactive ketones (excluding diaryl/α,β-unsaturated/α-hetero) is 1. The van der Waals surface area contributed by atoms with Crippen molar-refractivity contribution in [1.82, 2.24) is 9.13 Å². The van der Waals surface area contributed by atoms with Crippen LogP contribution in [0.4, 0.5) is 4.79 Å². The van der Waals surface area contributed by atoms with E-state index >= 15 is 0 Å². The van der Waals surface area contributed by atoms with E-state index in [9.17, 15) is 19.5 Å². The lowest BCUT2D eigenvalue weighted by Crippen LogP contribution is -2.31. The van der Waals surface area contributed by atoms with Gasteiger partial charge < -0.3 is 23.7 Å². The predicted octanol–water partition coefficient (Wildman–Crippen LogP) is 7.46. The van der Waals surface area contributed by atoms with Gasteiger partial charge in [0, 0.05) is 35.6 Å². The first-order chi connectivity index (χ1) is 19.3. The van der Waals surface area contributed by atoms with Crippen LogP contribution in [-0.4, -0.2) is 38.9 Å². The number of hydrogen-bond acceptors (Lipinski definition) is 6. The van der Waals surface area contributed by atoms with Gasteiger partial charge in [-0.1, -0.05) is 68.2 Å². The van der Waals surface area contributed by atoms with Crippen LogP contribution in [0.5, 0.6) is 5.75 Å². The number of carbonyl (C=O) groups is 3. The third-order valence-electron chi connectivity index (χ3n) is 7.41. The highest BCUT2D eigenvalue weighted by atomic mass is 79.9. The molecule has 0 aliphatic carbocycles. The van der Waals surface area contributed by atoms with Crippen molar-refractivity contribution in [2.45, 2.75) is 119 Å². The number of amides is 1. The molecule has 0 saturated carbocycles. The summed E-state index contributed by atoms with van der Waals surface area (Å²) in [4.78, 5) is 42.6. The molecule has 1 aromatic carbocycles. The molecular weight excluding hydrogens is 614 g/mol. The van der Waals surface area contributed by atoms with E-state index in [-0.39, 0.29) is 51.5 Å². The van der Waals surface area contributed by atoms with Gasteiger partial charge in [-0.05, 0) is 56.1 Å². The lowest BCUT2D eigenvalue weighted by molar-refractivity contribution is -0.161. The number of halogens is 1. The van der Waals surface area contributed by atoms with Crippen molar-refractivity contribution in [2.24, 2.45) is 16.3 Å². The Kier molecular flexibility index (Phi) is 13.5. The lowest BCUT2D eigenvalue weighted by Gasteiger charge is -2.28. The molecule has 0 aliphatic heterocycles. The minimum absolute atomic E-state index is 0. The summed E-state index contributed by atoms with van der Waals surface area (Å²) in [5.74, 6) is 0.0420. The van der Waals surface area contributed by atoms with E-state index in [2.05, 4.69) is 18.8 Å². The topological polar surface area (TPSA) is 112 Å². The van der Waals surface area contributed by atoms with Crippen LogP contribution in [-0.2, 0) is 38.2 Å². The molecule has 1 aromatic heterocycles. The number of hydrogen-bond donors (Lipinski definition) is 1. The first kappa shape index (κ1) is 38.1. The third-order valence-corrected chi connectivity index (χ3v) is 7.41. The standard InChI is InChI=1S/C33H51N3O6.BrH/c1-12-22(13-2)14-15-35-16-17-36(29(35)34-30(40)42-21-41-28(39)33(9,10)11)20-26(37)23-18-24(31(3,4)5)27(38)25(19-23)32(6,7)8;/h16-19,22,38H,12-15,20-21H2,1-11H3;1H/b34-29-;. The number of phenolic OH excluding ortho intramolecular Hbond substituents is 1. The number of aromatic hydroxyl groups is 1. The Morgan fingerprint density at radius 3 is 1.84 bits per heavy atom. The third kappa shape index (κ3) is 10.7. The summed E-state index contributed by atoms with van der Waals surface area (Å²) < 4.78 is 13.6. The van der Waals surface area contributed by atoms with Crippen molar-refractivity contribution in [3.63, 3.8) is 0 Å². The second-order valence-electron chi connectivity index (χ2n) is 14.1. The van der Waals surface area contributed by atoms with Crippen LogP contribution in [0.1, 0.15) is 117 Å². The van der Waals surface area contributed by atoms with Crippen LogP contribution in [0.15, 0.2) is 29.5 Å². The highest BCUT2D eigenvalue weighted by Crippen LogP contribution is 2.40. The van der Waals surface area contributed by atoms with E-state index in [1.807, 2.05) is 46.1 Å². The smallest absolute Gasteiger partial charge is 0.439 e. The second kappa shape index (κ2) is 15.2. The Balaban J connectivity index is 0.00000924. The molecule has 0 aliphatic rings. The van der Waals surface area contributed by atoms with E-state index < -0.39 is 24.3 Å². The number of benzene rings is 1. The fourth-order valence-corrected chi connectivity index (χ4v) is 4.55. The van der Waals surface area contributed by atoms with Gasteiger partial charge in [0.1, 0.15) is 5.75 Å². The van der Waals surface area contributed by atoms with E-state index in [4.69, 9.17) is 9.47 Å². The summed E-state index contributed by atoms with van der Waals surface area (Å²) in [6.07, 6.45) is 5.58. The largest absolute Gasteiger partial charge is 0.507 e. The molecule has 0 unspecified atom stereocenters. The Bertz CT molecular complexity index is 1300. The number of phenols is 1. The number of ketones is 1. The van der Waals surface area contributed by atoms with Crippen molar-refractivity contribution in [3.05, 3.63) is 46.8 Å². The molecule has 10 heteroatoms. The van der Waals surface area contributed by atoms with Crippen LogP contribution in [0.25, 0.3) is 0 Å². The number of imidazole rings is 1. The predicted molar refractivity (Wildman–Crippen MR) is 174 cm³/mol. The molecule has 0 spiro atoms. The first-order valence-corrected chi connectivity index (χ1v) is 14.8. The molecule has 242 valence electrons. The number of ether oxygens (including phenoxy) is 2. The number of esters is 1. The molecule has 0 bridgehead atoms. The molecule has 0 radical (unpaired) electrons. The molecule has 1 N–H and O–H groups in total. The Labute approximate surface area is 267 Å². The Morgan fingerprint density at radius 2 is 1.37 bits per heavy atom. The average molecular weight is 667 g/mol. The molecular formula is C33H52BrN3O6. The minimum Gasteiger partial charge on any atom is -0.507 e. The summed E-state index contributed by atoms with van der Waals surface area (Å²) in [5.41, 5.74) is 0.646. The molecule has 9 nitrogen and oxygen atoms in total. The normalized spacial score (nSPS) is 12.7. The molecule has 1 amide bonds. The maximum atomic E-state index is 13.7. The van der Waals surface area contributed by atoms with Crippen molar-refractivity contribution in [1.29, 1.82) is 0 Å². The maximum Gasteiger partial charge on any atom is 0.439 e. The van der Waals surface area contributed by atoms with Crippen molar-refractivity contribution in [2.75, 3.05) is 6.79 Å². The summed E-state index contributed by atoms with van der Waals surface area (Å²) in [6.45, 7) is 21.4. The number of rotatable bonds is 10. The van der Waals surface area contributed by atoms with Gasteiger partial charge in [-0.25, -0.2) is 4.79 Å². The van der Waals surface area contributed by atoms with Gasteiger partial charge in [-0.2, -0.15) is 0 Å². The van der Waals surface area contributed by atoms with Crippen molar-refractivity contribution >= 4 is 34.8 Å². The Hall–Kier alpha value is -2.88. The fraction of sp³-hybridized carbons (Fsp3) is 0.636. The second-order valence-corrected chi connectivity index (χ2v) is 14.1. The molecule has 0 atom stereocenters. The monoisotopic (exact) mass is 665 g/mol. The van der Waals surface area contributed by atoms with Gasteiger partial charge in [0.15, 0.2) is 5.78 Å². The van der Waals surface area contributed by atoms with Gasteiger partial charge in [0.05, 0.1) is 12.0 Å². The van der Waals surface area contributed by atoms with Crippen molar-refractivity contribution < 1.29 is 29.0 Å². The van der Waals surface area contributed by atoms with E-state index in [0.29, 0.717) is 29.2 Å². The summed E-state index contributed by atoms with van der Waals surface area (Å²) in [7, 11) is 0.